The van der Waals surface area contributed by atoms with Gasteiger partial charge in [-0.25, -0.2) is 0 Å². The minimum Gasteiger partial charge on any atom is -0.394 e. The lowest BCUT2D eigenvalue weighted by Crippen LogP contribution is -2.69. The van der Waals surface area contributed by atoms with Crippen LogP contribution in [0.3, 0.4) is 0 Å². The minimum atomic E-state index is -1.55. The Bertz CT molecular complexity index is 755. The third-order valence-electron chi connectivity index (χ3n) is 7.37. The fraction of sp³-hybridized carbons (Fsp3) is 0.955. The Morgan fingerprint density at radius 1 is 0.947 bits per heavy atom. The summed E-state index contributed by atoms with van der Waals surface area (Å²) in [6, 6.07) is -3.54. The first-order chi connectivity index (χ1) is 18.0. The molecule has 2 heterocycles. The van der Waals surface area contributed by atoms with Crippen molar-refractivity contribution in [2.45, 2.75) is 111 Å². The molecule has 2 saturated heterocycles. The van der Waals surface area contributed by atoms with Crippen LogP contribution in [0.4, 0.5) is 0 Å². The van der Waals surface area contributed by atoms with Crippen LogP contribution in [0.15, 0.2) is 0 Å². The molecule has 0 radical (unpaired) electrons. The van der Waals surface area contributed by atoms with E-state index < -0.39 is 92.0 Å². The fourth-order valence-corrected chi connectivity index (χ4v) is 5.02. The molecule has 1 aliphatic carbocycles. The van der Waals surface area contributed by atoms with E-state index in [-0.39, 0.29) is 32.0 Å². The molecule has 14 atom stereocenters. The monoisotopic (exact) mass is 552 g/mol. The summed E-state index contributed by atoms with van der Waals surface area (Å²) in [5, 5.41) is 54.4. The number of hydrogen-bond acceptors (Lipinski definition) is 15. The largest absolute Gasteiger partial charge is 0.394 e. The second kappa shape index (κ2) is 14.0. The first-order valence-corrected chi connectivity index (χ1v) is 12.9. The number of carbonyl (C=O) groups is 1. The van der Waals surface area contributed by atoms with Crippen molar-refractivity contribution < 1.29 is 49.3 Å². The number of amides is 1. The van der Waals surface area contributed by atoms with E-state index in [1.165, 1.54) is 0 Å². The van der Waals surface area contributed by atoms with Crippen LogP contribution >= 0.6 is 0 Å². The summed E-state index contributed by atoms with van der Waals surface area (Å²) in [5.74, 6) is -0.762. The molecule has 2 aliphatic heterocycles. The van der Waals surface area contributed by atoms with Gasteiger partial charge in [0, 0.05) is 12.6 Å². The molecule has 38 heavy (non-hydrogen) atoms. The van der Waals surface area contributed by atoms with Gasteiger partial charge in [-0.2, -0.15) is 0 Å². The predicted octanol–water partition coefficient (Wildman–Crippen LogP) is -6.40. The Labute approximate surface area is 220 Å². The summed E-state index contributed by atoms with van der Waals surface area (Å²) in [5.41, 5.74) is 29.6. The smallest absolute Gasteiger partial charge is 0.249 e. The zero-order valence-corrected chi connectivity index (χ0v) is 21.2. The molecule has 0 aromatic carbocycles. The van der Waals surface area contributed by atoms with Crippen LogP contribution < -0.4 is 34.0 Å². The van der Waals surface area contributed by atoms with Crippen molar-refractivity contribution >= 4 is 5.91 Å². The number of carbonyl (C=O) groups excluding carboxylic acids is 1. The maximum atomic E-state index is 12.6. The number of aliphatic hydroxyl groups is 5. The number of nitrogens with two attached hydrogens (primary N) is 5. The van der Waals surface area contributed by atoms with E-state index in [1.807, 2.05) is 0 Å². The summed E-state index contributed by atoms with van der Waals surface area (Å²) in [6.07, 6.45) is -10.8. The molecule has 0 aromatic heterocycles. The van der Waals surface area contributed by atoms with Crippen molar-refractivity contribution in [2.75, 3.05) is 19.7 Å². The molecular weight excluding hydrogens is 508 g/mol. The number of nitrogens with one attached hydrogen (secondary N) is 1. The van der Waals surface area contributed by atoms with Crippen LogP contribution in [0.25, 0.3) is 0 Å². The SMILES string of the molecule is NCC[C@H](O)C(=O)N[C@H]1C[C@@H](N)[C@H](O[C@@H]2O[C@H](CN)CC[C@H]2N)[C@H](O)[C@@H]1O[C@H]1O[C@H](CO)[C@H](O)[C@@H](N)[C@H]1O. The zero-order valence-electron chi connectivity index (χ0n) is 21.2. The summed E-state index contributed by atoms with van der Waals surface area (Å²) in [7, 11) is 0. The topological polar surface area (TPSA) is 297 Å². The number of ether oxygens (including phenoxy) is 4. The van der Waals surface area contributed by atoms with Gasteiger partial charge in [0.2, 0.25) is 5.91 Å². The molecule has 3 fully saturated rings. The lowest BCUT2D eigenvalue weighted by molar-refractivity contribution is -0.314. The van der Waals surface area contributed by atoms with Gasteiger partial charge in [-0.1, -0.05) is 0 Å². The molecule has 16 heteroatoms. The quantitative estimate of drug-likeness (QED) is 0.120. The molecule has 0 bridgehead atoms. The van der Waals surface area contributed by atoms with Gasteiger partial charge >= 0.3 is 0 Å². The van der Waals surface area contributed by atoms with Crippen molar-refractivity contribution in [3.63, 3.8) is 0 Å². The molecule has 0 spiro atoms. The van der Waals surface area contributed by atoms with E-state index in [1.54, 1.807) is 0 Å². The third kappa shape index (κ3) is 7.15. The van der Waals surface area contributed by atoms with Crippen molar-refractivity contribution in [3.05, 3.63) is 0 Å². The minimum absolute atomic E-state index is 0.000983. The first-order valence-electron chi connectivity index (χ1n) is 12.9. The van der Waals surface area contributed by atoms with Crippen LogP contribution in [-0.4, -0.2) is 137 Å². The number of aliphatic hydroxyl groups excluding tert-OH is 5. The predicted molar refractivity (Wildman–Crippen MR) is 131 cm³/mol. The molecule has 222 valence electrons. The normalized spacial score (nSPS) is 44.9. The van der Waals surface area contributed by atoms with Gasteiger partial charge in [0.25, 0.3) is 0 Å². The number of rotatable bonds is 10. The highest BCUT2D eigenvalue weighted by Crippen LogP contribution is 2.31. The molecule has 3 aliphatic rings. The summed E-state index contributed by atoms with van der Waals surface area (Å²) in [4.78, 5) is 12.6. The molecule has 16 nitrogen and oxygen atoms in total. The maximum absolute atomic E-state index is 12.6. The van der Waals surface area contributed by atoms with E-state index in [9.17, 15) is 30.3 Å². The van der Waals surface area contributed by atoms with Crippen molar-refractivity contribution in [1.82, 2.24) is 5.32 Å². The molecular formula is C22H44N6O10. The molecule has 0 aromatic rings. The Morgan fingerprint density at radius 3 is 2.26 bits per heavy atom. The van der Waals surface area contributed by atoms with Crippen LogP contribution in [0.1, 0.15) is 25.7 Å². The molecule has 16 N–H and O–H groups in total. The third-order valence-corrected chi connectivity index (χ3v) is 7.37. The Kier molecular flexibility index (Phi) is 11.6. The Morgan fingerprint density at radius 2 is 1.63 bits per heavy atom. The van der Waals surface area contributed by atoms with E-state index in [4.69, 9.17) is 47.6 Å². The van der Waals surface area contributed by atoms with Crippen LogP contribution in [0.5, 0.6) is 0 Å². The highest BCUT2D eigenvalue weighted by atomic mass is 16.7. The fourth-order valence-electron chi connectivity index (χ4n) is 5.02. The van der Waals surface area contributed by atoms with E-state index in [0.717, 1.165) is 0 Å². The Hall–Kier alpha value is -1.09. The van der Waals surface area contributed by atoms with Gasteiger partial charge in [-0.15, -0.1) is 0 Å². The standard InChI is InChI=1S/C22H44N6O10/c23-4-3-12(30)20(34)28-11-5-10(26)18(37-21-9(25)2-1-8(6-24)35-21)17(33)19(11)38-22-16(32)14(27)15(31)13(7-29)36-22/h8-19,21-22,29-33H,1-7,23-27H2,(H,28,34)/t8-,9+,10+,11-,12-,13+,14+,15-,16+,17-,18-,19+,21-,22+/m0/s1. The van der Waals surface area contributed by atoms with Crippen molar-refractivity contribution in [2.24, 2.45) is 28.7 Å². The zero-order chi connectivity index (χ0) is 28.1. The first kappa shape index (κ1) is 31.4. The molecule has 0 unspecified atom stereocenters. The average Bonchev–Trinajstić information content (AvgIpc) is 2.89. The van der Waals surface area contributed by atoms with Gasteiger partial charge in [-0.3, -0.25) is 4.79 Å². The van der Waals surface area contributed by atoms with Crippen molar-refractivity contribution in [1.29, 1.82) is 0 Å². The van der Waals surface area contributed by atoms with Crippen LogP contribution in [-0.2, 0) is 23.7 Å². The van der Waals surface area contributed by atoms with Crippen LogP contribution in [0, 0.1) is 0 Å². The van der Waals surface area contributed by atoms with Crippen molar-refractivity contribution in [3.8, 4) is 0 Å². The van der Waals surface area contributed by atoms with E-state index in [0.29, 0.717) is 12.8 Å². The second-order valence-corrected chi connectivity index (χ2v) is 10.2. The highest BCUT2D eigenvalue weighted by molar-refractivity contribution is 5.80. The maximum Gasteiger partial charge on any atom is 0.249 e. The van der Waals surface area contributed by atoms with Gasteiger partial charge in [0.05, 0.1) is 30.8 Å². The average molecular weight is 553 g/mol. The summed E-state index contributed by atoms with van der Waals surface area (Å²) in [6.45, 7) is -0.296. The van der Waals surface area contributed by atoms with Crippen LogP contribution in [0.2, 0.25) is 0 Å². The summed E-state index contributed by atoms with van der Waals surface area (Å²) >= 11 is 0. The van der Waals surface area contributed by atoms with E-state index in [2.05, 4.69) is 5.32 Å². The molecule has 1 saturated carbocycles. The number of hydrogen-bond donors (Lipinski definition) is 11. The highest BCUT2D eigenvalue weighted by Gasteiger charge is 2.51. The Balaban J connectivity index is 1.82. The van der Waals surface area contributed by atoms with Gasteiger partial charge in [0.15, 0.2) is 12.6 Å². The van der Waals surface area contributed by atoms with Gasteiger partial charge in [-0.05, 0) is 32.2 Å². The lowest BCUT2D eigenvalue weighted by Gasteiger charge is -2.48. The van der Waals surface area contributed by atoms with Gasteiger partial charge in [0.1, 0.15) is 42.7 Å². The second-order valence-electron chi connectivity index (χ2n) is 10.2. The lowest BCUT2D eigenvalue weighted by atomic mass is 9.83. The van der Waals surface area contributed by atoms with E-state index >= 15 is 0 Å². The molecule has 3 rings (SSSR count). The molecule has 1 amide bonds. The summed E-state index contributed by atoms with van der Waals surface area (Å²) < 4.78 is 23.3. The van der Waals surface area contributed by atoms with Gasteiger partial charge < -0.3 is 78.5 Å².